The molecule has 2 aromatic carbocycles. The standard InChI is InChI=1S/C22H25NO4/c1-14-13-22(2,3)23(20-16(14)8-7-9-18(20)26-5)21(24)15-10-11-17(25-4)19(12-15)27-6/h7-13H,1-6H3. The molecule has 1 aliphatic heterocycles. The molecule has 0 aliphatic carbocycles. The van der Waals surface area contributed by atoms with Crippen LogP contribution in [0.4, 0.5) is 5.69 Å². The molecule has 1 aliphatic rings. The Hall–Kier alpha value is -2.95. The molecule has 0 saturated carbocycles. The molecule has 3 rings (SSSR count). The summed E-state index contributed by atoms with van der Waals surface area (Å²) in [5, 5.41) is 0. The maximum absolute atomic E-state index is 13.6. The number of benzene rings is 2. The molecule has 5 nitrogen and oxygen atoms in total. The number of hydrogen-bond donors (Lipinski definition) is 0. The maximum Gasteiger partial charge on any atom is 0.259 e. The number of para-hydroxylation sites is 1. The molecule has 142 valence electrons. The number of fused-ring (bicyclic) bond motifs is 1. The average molecular weight is 367 g/mol. The molecule has 0 N–H and O–H groups in total. The molecule has 2 aromatic rings. The average Bonchev–Trinajstić information content (AvgIpc) is 2.66. The normalized spacial score (nSPS) is 14.9. The lowest BCUT2D eigenvalue weighted by atomic mass is 9.87. The monoisotopic (exact) mass is 367 g/mol. The summed E-state index contributed by atoms with van der Waals surface area (Å²) in [5.41, 5.74) is 2.89. The van der Waals surface area contributed by atoms with Gasteiger partial charge in [-0.3, -0.25) is 9.69 Å². The van der Waals surface area contributed by atoms with Gasteiger partial charge in [0.15, 0.2) is 11.5 Å². The van der Waals surface area contributed by atoms with E-state index in [1.54, 1.807) is 44.4 Å². The summed E-state index contributed by atoms with van der Waals surface area (Å²) < 4.78 is 16.2. The van der Waals surface area contributed by atoms with Crippen LogP contribution in [0.1, 0.15) is 36.7 Å². The Kier molecular flexibility index (Phi) is 4.87. The summed E-state index contributed by atoms with van der Waals surface area (Å²) in [7, 11) is 4.75. The highest BCUT2D eigenvalue weighted by Gasteiger charge is 2.38. The summed E-state index contributed by atoms with van der Waals surface area (Å²) in [6.07, 6.45) is 2.10. The van der Waals surface area contributed by atoms with Crippen molar-refractivity contribution < 1.29 is 19.0 Å². The van der Waals surface area contributed by atoms with Crippen LogP contribution in [0.5, 0.6) is 17.2 Å². The summed E-state index contributed by atoms with van der Waals surface area (Å²) >= 11 is 0. The quantitative estimate of drug-likeness (QED) is 0.795. The smallest absolute Gasteiger partial charge is 0.259 e. The SMILES string of the molecule is COc1ccc(C(=O)N2c3c(OC)cccc3C(C)=CC2(C)C)cc1OC. The van der Waals surface area contributed by atoms with Gasteiger partial charge in [0.25, 0.3) is 5.91 Å². The molecule has 1 heterocycles. The highest BCUT2D eigenvalue weighted by atomic mass is 16.5. The molecule has 27 heavy (non-hydrogen) atoms. The van der Waals surface area contributed by atoms with Crippen LogP contribution < -0.4 is 19.1 Å². The lowest BCUT2D eigenvalue weighted by Gasteiger charge is -2.42. The van der Waals surface area contributed by atoms with Gasteiger partial charge >= 0.3 is 0 Å². The second kappa shape index (κ2) is 6.99. The van der Waals surface area contributed by atoms with Crippen LogP contribution in [-0.2, 0) is 0 Å². The number of nitrogens with zero attached hydrogens (tertiary/aromatic N) is 1. The van der Waals surface area contributed by atoms with Gasteiger partial charge in [0.2, 0.25) is 0 Å². The van der Waals surface area contributed by atoms with Gasteiger partial charge in [-0.05, 0) is 50.6 Å². The highest BCUT2D eigenvalue weighted by Crippen LogP contribution is 2.45. The van der Waals surface area contributed by atoms with Crippen LogP contribution in [0, 0.1) is 0 Å². The number of ether oxygens (including phenoxy) is 3. The summed E-state index contributed by atoms with van der Waals surface area (Å²) in [6, 6.07) is 11.0. The zero-order valence-corrected chi connectivity index (χ0v) is 16.6. The van der Waals surface area contributed by atoms with E-state index in [2.05, 4.69) is 13.0 Å². The number of methoxy groups -OCH3 is 3. The Balaban J connectivity index is 2.17. The Labute approximate surface area is 160 Å². The lowest BCUT2D eigenvalue weighted by Crippen LogP contribution is -2.49. The van der Waals surface area contributed by atoms with E-state index in [9.17, 15) is 4.79 Å². The molecular formula is C22H25NO4. The van der Waals surface area contributed by atoms with Crippen LogP contribution in [0.25, 0.3) is 5.57 Å². The first-order valence-electron chi connectivity index (χ1n) is 8.77. The third-order valence-electron chi connectivity index (χ3n) is 4.85. The van der Waals surface area contributed by atoms with E-state index in [0.29, 0.717) is 22.8 Å². The van der Waals surface area contributed by atoms with Crippen molar-refractivity contribution >= 4 is 17.2 Å². The molecule has 0 unspecified atom stereocenters. The molecular weight excluding hydrogens is 342 g/mol. The van der Waals surface area contributed by atoms with Gasteiger partial charge in [-0.25, -0.2) is 0 Å². The van der Waals surface area contributed by atoms with Crippen molar-refractivity contribution in [3.05, 3.63) is 53.6 Å². The van der Waals surface area contributed by atoms with Gasteiger partial charge in [-0.2, -0.15) is 0 Å². The van der Waals surface area contributed by atoms with E-state index in [4.69, 9.17) is 14.2 Å². The molecule has 5 heteroatoms. The van der Waals surface area contributed by atoms with E-state index in [-0.39, 0.29) is 5.91 Å². The molecule has 0 radical (unpaired) electrons. The van der Waals surface area contributed by atoms with Gasteiger partial charge < -0.3 is 14.2 Å². The Morgan fingerprint density at radius 3 is 2.22 bits per heavy atom. The Bertz CT molecular complexity index is 915. The van der Waals surface area contributed by atoms with Gasteiger partial charge in [-0.15, -0.1) is 0 Å². The third kappa shape index (κ3) is 3.14. The zero-order valence-electron chi connectivity index (χ0n) is 16.6. The molecule has 0 spiro atoms. The minimum atomic E-state index is -0.518. The van der Waals surface area contributed by atoms with E-state index in [1.165, 1.54) is 0 Å². The number of rotatable bonds is 4. The third-order valence-corrected chi connectivity index (χ3v) is 4.85. The summed E-state index contributed by atoms with van der Waals surface area (Å²) in [5.74, 6) is 1.64. The predicted molar refractivity (Wildman–Crippen MR) is 107 cm³/mol. The fraction of sp³-hybridized carbons (Fsp3) is 0.318. The molecule has 0 saturated heterocycles. The number of hydrogen-bond acceptors (Lipinski definition) is 4. The fourth-order valence-corrected chi connectivity index (χ4v) is 3.66. The first-order valence-corrected chi connectivity index (χ1v) is 8.77. The van der Waals surface area contributed by atoms with Crippen molar-refractivity contribution in [2.45, 2.75) is 26.3 Å². The van der Waals surface area contributed by atoms with Crippen LogP contribution in [0.3, 0.4) is 0 Å². The van der Waals surface area contributed by atoms with E-state index >= 15 is 0 Å². The summed E-state index contributed by atoms with van der Waals surface area (Å²) in [6.45, 7) is 6.09. The second-order valence-corrected chi connectivity index (χ2v) is 7.05. The largest absolute Gasteiger partial charge is 0.495 e. The Morgan fingerprint density at radius 2 is 1.59 bits per heavy atom. The number of amides is 1. The van der Waals surface area contributed by atoms with Crippen LogP contribution in [-0.4, -0.2) is 32.8 Å². The first kappa shape index (κ1) is 18.8. The molecule has 0 aromatic heterocycles. The molecule has 0 atom stereocenters. The lowest BCUT2D eigenvalue weighted by molar-refractivity contribution is 0.0969. The molecule has 0 fully saturated rings. The van der Waals surface area contributed by atoms with Crippen molar-refractivity contribution in [3.8, 4) is 17.2 Å². The first-order chi connectivity index (χ1) is 12.8. The van der Waals surface area contributed by atoms with Gasteiger partial charge in [-0.1, -0.05) is 18.2 Å². The van der Waals surface area contributed by atoms with Crippen molar-refractivity contribution in [1.29, 1.82) is 0 Å². The number of allylic oxidation sites excluding steroid dienone is 1. The van der Waals surface area contributed by atoms with Crippen molar-refractivity contribution in [1.82, 2.24) is 0 Å². The highest BCUT2D eigenvalue weighted by molar-refractivity contribution is 6.11. The van der Waals surface area contributed by atoms with Crippen LogP contribution >= 0.6 is 0 Å². The van der Waals surface area contributed by atoms with Crippen LogP contribution in [0.2, 0.25) is 0 Å². The van der Waals surface area contributed by atoms with Crippen molar-refractivity contribution in [2.75, 3.05) is 26.2 Å². The van der Waals surface area contributed by atoms with E-state index in [1.807, 2.05) is 32.0 Å². The predicted octanol–water partition coefficient (Wildman–Crippen LogP) is 4.55. The van der Waals surface area contributed by atoms with Crippen LogP contribution in [0.15, 0.2) is 42.5 Å². The van der Waals surface area contributed by atoms with Crippen molar-refractivity contribution in [3.63, 3.8) is 0 Å². The van der Waals surface area contributed by atoms with Gasteiger partial charge in [0.05, 0.1) is 32.6 Å². The number of carbonyl (C=O) groups is 1. The second-order valence-electron chi connectivity index (χ2n) is 7.05. The summed E-state index contributed by atoms with van der Waals surface area (Å²) in [4.78, 5) is 15.4. The topological polar surface area (TPSA) is 48.0 Å². The Morgan fingerprint density at radius 1 is 0.926 bits per heavy atom. The maximum atomic E-state index is 13.6. The fourth-order valence-electron chi connectivity index (χ4n) is 3.66. The van der Waals surface area contributed by atoms with E-state index < -0.39 is 5.54 Å². The molecule has 0 bridgehead atoms. The zero-order chi connectivity index (χ0) is 19.8. The minimum Gasteiger partial charge on any atom is -0.495 e. The minimum absolute atomic E-state index is 0.129. The molecule has 1 amide bonds. The number of carbonyl (C=O) groups excluding carboxylic acids is 1. The number of anilines is 1. The van der Waals surface area contributed by atoms with Crippen molar-refractivity contribution in [2.24, 2.45) is 0 Å². The van der Waals surface area contributed by atoms with Gasteiger partial charge in [0.1, 0.15) is 5.75 Å². The van der Waals surface area contributed by atoms with E-state index in [0.717, 1.165) is 16.8 Å². The van der Waals surface area contributed by atoms with Gasteiger partial charge in [0, 0.05) is 11.1 Å².